The number of amides is 2. The van der Waals surface area contributed by atoms with Crippen molar-refractivity contribution in [2.45, 2.75) is 43.7 Å². The van der Waals surface area contributed by atoms with Gasteiger partial charge in [0.1, 0.15) is 12.0 Å². The first-order valence-corrected chi connectivity index (χ1v) is 14.4. The molecule has 3 aromatic carbocycles. The van der Waals surface area contributed by atoms with E-state index < -0.39 is 24.0 Å². The van der Waals surface area contributed by atoms with Crippen molar-refractivity contribution in [1.29, 1.82) is 0 Å². The molecule has 0 bridgehead atoms. The minimum atomic E-state index is -4.49. The summed E-state index contributed by atoms with van der Waals surface area (Å²) < 4.78 is 39.3. The SMILES string of the molecule is O=C(Cc1ccccc1)N1CCCN(CCCCC2(C(=O)NCC(F)(F)F)c3ccccc3-c3ccccc32)CC1. The normalized spacial score (nSPS) is 16.5. The Morgan fingerprint density at radius 2 is 1.41 bits per heavy atom. The van der Waals surface area contributed by atoms with E-state index in [9.17, 15) is 22.8 Å². The number of benzene rings is 3. The van der Waals surface area contributed by atoms with Crippen LogP contribution in [0.5, 0.6) is 0 Å². The van der Waals surface area contributed by atoms with Crippen molar-refractivity contribution in [3.05, 3.63) is 95.6 Å². The van der Waals surface area contributed by atoms with Gasteiger partial charge in [-0.15, -0.1) is 0 Å². The lowest BCUT2D eigenvalue weighted by Crippen LogP contribution is -2.47. The number of rotatable bonds is 9. The first-order chi connectivity index (χ1) is 19.8. The van der Waals surface area contributed by atoms with Gasteiger partial charge < -0.3 is 15.1 Å². The third kappa shape index (κ3) is 6.48. The van der Waals surface area contributed by atoms with Crippen LogP contribution in [0.3, 0.4) is 0 Å². The molecule has 5 nitrogen and oxygen atoms in total. The predicted octanol–water partition coefficient (Wildman–Crippen LogP) is 5.58. The van der Waals surface area contributed by atoms with E-state index in [1.54, 1.807) is 0 Å². The minimum absolute atomic E-state index is 0.142. The maximum atomic E-state index is 13.7. The molecule has 1 saturated heterocycles. The van der Waals surface area contributed by atoms with Gasteiger partial charge in [-0.25, -0.2) is 0 Å². The van der Waals surface area contributed by atoms with Crippen molar-refractivity contribution < 1.29 is 22.8 Å². The number of carbonyl (C=O) groups is 2. The van der Waals surface area contributed by atoms with Gasteiger partial charge in [-0.2, -0.15) is 13.2 Å². The quantitative estimate of drug-likeness (QED) is 0.346. The maximum Gasteiger partial charge on any atom is 0.405 e. The summed E-state index contributed by atoms with van der Waals surface area (Å²) in [4.78, 5) is 30.8. The molecule has 0 saturated carbocycles. The molecular weight excluding hydrogens is 527 g/mol. The van der Waals surface area contributed by atoms with Gasteiger partial charge in [0, 0.05) is 19.6 Å². The van der Waals surface area contributed by atoms with E-state index in [4.69, 9.17) is 0 Å². The largest absolute Gasteiger partial charge is 0.405 e. The number of fused-ring (bicyclic) bond motifs is 3. The molecule has 2 aliphatic rings. The van der Waals surface area contributed by atoms with Gasteiger partial charge in [0.15, 0.2) is 0 Å². The van der Waals surface area contributed by atoms with E-state index in [1.807, 2.05) is 83.8 Å². The van der Waals surface area contributed by atoms with Crippen molar-refractivity contribution in [2.75, 3.05) is 39.3 Å². The Morgan fingerprint density at radius 3 is 2.07 bits per heavy atom. The highest BCUT2D eigenvalue weighted by atomic mass is 19.4. The summed E-state index contributed by atoms with van der Waals surface area (Å²) in [6.45, 7) is 2.53. The molecule has 5 rings (SSSR count). The Balaban J connectivity index is 1.23. The van der Waals surface area contributed by atoms with Crippen molar-refractivity contribution in [1.82, 2.24) is 15.1 Å². The lowest BCUT2D eigenvalue weighted by atomic mass is 9.73. The third-order valence-corrected chi connectivity index (χ3v) is 8.32. The third-order valence-electron chi connectivity index (χ3n) is 8.32. The second-order valence-electron chi connectivity index (χ2n) is 11.0. The molecule has 1 aliphatic heterocycles. The number of halogens is 3. The predicted molar refractivity (Wildman–Crippen MR) is 153 cm³/mol. The van der Waals surface area contributed by atoms with Crippen LogP contribution in [0.2, 0.25) is 0 Å². The number of nitrogens with zero attached hydrogens (tertiary/aromatic N) is 2. The summed E-state index contributed by atoms with van der Waals surface area (Å²) in [7, 11) is 0. The molecule has 0 atom stereocenters. The fourth-order valence-corrected chi connectivity index (χ4v) is 6.34. The molecule has 216 valence electrons. The Kier molecular flexibility index (Phi) is 8.78. The summed E-state index contributed by atoms with van der Waals surface area (Å²) in [5, 5.41) is 2.21. The molecule has 1 aliphatic carbocycles. The molecule has 1 N–H and O–H groups in total. The smallest absolute Gasteiger partial charge is 0.346 e. The van der Waals surface area contributed by atoms with Gasteiger partial charge >= 0.3 is 6.18 Å². The summed E-state index contributed by atoms with van der Waals surface area (Å²) in [6.07, 6.45) is -1.29. The van der Waals surface area contributed by atoms with Crippen LogP contribution in [0, 0.1) is 0 Å². The van der Waals surface area contributed by atoms with Gasteiger partial charge in [-0.1, -0.05) is 85.3 Å². The molecule has 2 amide bonds. The van der Waals surface area contributed by atoms with Crippen molar-refractivity contribution in [2.24, 2.45) is 0 Å². The zero-order valence-corrected chi connectivity index (χ0v) is 23.1. The van der Waals surface area contributed by atoms with Crippen LogP contribution < -0.4 is 5.32 Å². The zero-order valence-electron chi connectivity index (χ0n) is 23.1. The van der Waals surface area contributed by atoms with Crippen LogP contribution >= 0.6 is 0 Å². The molecule has 0 spiro atoms. The van der Waals surface area contributed by atoms with Crippen LogP contribution in [0.4, 0.5) is 13.2 Å². The number of carbonyl (C=O) groups excluding carboxylic acids is 2. The highest BCUT2D eigenvalue weighted by Crippen LogP contribution is 2.51. The number of hydrogen-bond donors (Lipinski definition) is 1. The van der Waals surface area contributed by atoms with Gasteiger partial charge in [0.2, 0.25) is 11.8 Å². The van der Waals surface area contributed by atoms with E-state index in [1.165, 1.54) is 0 Å². The zero-order chi connectivity index (χ0) is 28.9. The summed E-state index contributed by atoms with van der Waals surface area (Å²) in [5.74, 6) is -0.460. The van der Waals surface area contributed by atoms with E-state index in [0.29, 0.717) is 25.8 Å². The maximum absolute atomic E-state index is 13.7. The average molecular weight is 564 g/mol. The lowest BCUT2D eigenvalue weighted by molar-refractivity contribution is -0.141. The minimum Gasteiger partial charge on any atom is -0.346 e. The second-order valence-corrected chi connectivity index (χ2v) is 11.0. The van der Waals surface area contributed by atoms with E-state index in [-0.39, 0.29) is 5.91 Å². The Labute approximate surface area is 239 Å². The average Bonchev–Trinajstić information content (AvgIpc) is 3.08. The number of nitrogens with one attached hydrogen (secondary N) is 1. The Hall–Kier alpha value is -3.65. The molecule has 3 aromatic rings. The van der Waals surface area contributed by atoms with E-state index in [2.05, 4.69) is 10.2 Å². The highest BCUT2D eigenvalue weighted by molar-refractivity contribution is 6.00. The van der Waals surface area contributed by atoms with Crippen LogP contribution in [0.25, 0.3) is 11.1 Å². The second kappa shape index (κ2) is 12.5. The highest BCUT2D eigenvalue weighted by Gasteiger charge is 2.49. The fraction of sp³-hybridized carbons (Fsp3) is 0.394. The molecule has 0 unspecified atom stereocenters. The van der Waals surface area contributed by atoms with Crippen LogP contribution in [0.1, 0.15) is 42.4 Å². The monoisotopic (exact) mass is 563 g/mol. The summed E-state index contributed by atoms with van der Waals surface area (Å²) >= 11 is 0. The van der Waals surface area contributed by atoms with Gasteiger partial charge in [0.25, 0.3) is 0 Å². The lowest BCUT2D eigenvalue weighted by Gasteiger charge is -2.31. The molecule has 8 heteroatoms. The Morgan fingerprint density at radius 1 is 0.780 bits per heavy atom. The number of unbranched alkanes of at least 4 members (excludes halogenated alkanes) is 1. The molecule has 1 heterocycles. The summed E-state index contributed by atoms with van der Waals surface area (Å²) in [5.41, 5.74) is 3.18. The van der Waals surface area contributed by atoms with Crippen LogP contribution in [0.15, 0.2) is 78.9 Å². The van der Waals surface area contributed by atoms with Gasteiger partial charge in [0.05, 0.1) is 6.42 Å². The van der Waals surface area contributed by atoms with Crippen molar-refractivity contribution >= 4 is 11.8 Å². The van der Waals surface area contributed by atoms with E-state index in [0.717, 1.165) is 66.8 Å². The van der Waals surface area contributed by atoms with E-state index >= 15 is 0 Å². The molecule has 1 fully saturated rings. The number of alkyl halides is 3. The Bertz CT molecular complexity index is 1310. The first kappa shape index (κ1) is 28.9. The fourth-order valence-electron chi connectivity index (χ4n) is 6.34. The van der Waals surface area contributed by atoms with Crippen molar-refractivity contribution in [3.8, 4) is 11.1 Å². The summed E-state index contributed by atoms with van der Waals surface area (Å²) in [6, 6.07) is 24.9. The number of hydrogen-bond acceptors (Lipinski definition) is 3. The van der Waals surface area contributed by atoms with Gasteiger partial charge in [-0.05, 0) is 60.2 Å². The van der Waals surface area contributed by atoms with Crippen LogP contribution in [-0.4, -0.2) is 67.1 Å². The topological polar surface area (TPSA) is 52.7 Å². The first-order valence-electron chi connectivity index (χ1n) is 14.4. The van der Waals surface area contributed by atoms with Crippen LogP contribution in [-0.2, 0) is 21.4 Å². The molecule has 0 aromatic heterocycles. The van der Waals surface area contributed by atoms with Gasteiger partial charge in [-0.3, -0.25) is 9.59 Å². The molecular formula is C33H36F3N3O2. The molecule has 41 heavy (non-hydrogen) atoms. The molecule has 0 radical (unpaired) electrons. The van der Waals surface area contributed by atoms with Crippen molar-refractivity contribution in [3.63, 3.8) is 0 Å². The standard InChI is InChI=1S/C33H36F3N3O2/c34-33(35,36)24-37-31(41)32(28-15-6-4-13-26(28)27-14-5-7-16-29(27)32)17-8-9-18-38-19-10-20-39(22-21-38)30(40)23-25-11-2-1-3-12-25/h1-7,11-16H,8-10,17-24H2,(H,37,41).